The maximum Gasteiger partial charge on any atom is 0.227 e. The average molecular weight is 300 g/mol. The molecule has 0 atom stereocenters. The molecule has 1 aromatic carbocycles. The van der Waals surface area contributed by atoms with Crippen molar-refractivity contribution in [1.29, 1.82) is 0 Å². The molecule has 1 N–H and O–H groups in total. The molecule has 0 saturated heterocycles. The monoisotopic (exact) mass is 300 g/mol. The van der Waals surface area contributed by atoms with Gasteiger partial charge >= 0.3 is 0 Å². The van der Waals surface area contributed by atoms with Crippen LogP contribution in [0, 0.1) is 6.92 Å². The first-order chi connectivity index (χ1) is 10.7. The molecule has 1 heterocycles. The fourth-order valence-electron chi connectivity index (χ4n) is 2.25. The number of para-hydroxylation sites is 2. The van der Waals surface area contributed by atoms with Gasteiger partial charge in [-0.25, -0.2) is 4.98 Å². The number of anilines is 3. The number of benzene rings is 1. The Morgan fingerprint density at radius 3 is 2.50 bits per heavy atom. The summed E-state index contributed by atoms with van der Waals surface area (Å²) in [5.74, 6) is 2.36. The summed E-state index contributed by atoms with van der Waals surface area (Å²) in [6, 6.07) is 9.81. The quantitative estimate of drug-likeness (QED) is 0.843. The van der Waals surface area contributed by atoms with Crippen LogP contribution in [-0.4, -0.2) is 29.7 Å². The van der Waals surface area contributed by atoms with Crippen LogP contribution in [0.2, 0.25) is 0 Å². The zero-order valence-corrected chi connectivity index (χ0v) is 13.8. The molecule has 2 rings (SSSR count). The van der Waals surface area contributed by atoms with E-state index in [4.69, 9.17) is 4.74 Å². The second-order valence-electron chi connectivity index (χ2n) is 4.92. The third-order valence-electron chi connectivity index (χ3n) is 3.34. The smallest absolute Gasteiger partial charge is 0.227 e. The molecule has 0 aliphatic rings. The predicted molar refractivity (Wildman–Crippen MR) is 91.2 cm³/mol. The lowest BCUT2D eigenvalue weighted by molar-refractivity contribution is 0.342. The van der Waals surface area contributed by atoms with E-state index in [1.54, 1.807) is 0 Å². The van der Waals surface area contributed by atoms with Crippen LogP contribution in [0.1, 0.15) is 26.5 Å². The topological polar surface area (TPSA) is 50.3 Å². The minimum atomic E-state index is 0.631. The highest BCUT2D eigenvalue weighted by atomic mass is 16.5. The van der Waals surface area contributed by atoms with E-state index < -0.39 is 0 Å². The van der Waals surface area contributed by atoms with Gasteiger partial charge in [0.1, 0.15) is 11.6 Å². The molecule has 0 unspecified atom stereocenters. The number of hydrogen-bond acceptors (Lipinski definition) is 5. The normalized spacial score (nSPS) is 10.4. The molecule has 0 radical (unpaired) electrons. The summed E-state index contributed by atoms with van der Waals surface area (Å²) in [7, 11) is 0. The Kier molecular flexibility index (Phi) is 5.58. The van der Waals surface area contributed by atoms with Gasteiger partial charge in [0.15, 0.2) is 0 Å². The van der Waals surface area contributed by atoms with Gasteiger partial charge in [-0.2, -0.15) is 4.98 Å². The lowest BCUT2D eigenvalue weighted by Crippen LogP contribution is -2.24. The van der Waals surface area contributed by atoms with Crippen LogP contribution in [-0.2, 0) is 0 Å². The Balaban J connectivity index is 2.30. The van der Waals surface area contributed by atoms with Crippen molar-refractivity contribution in [2.24, 2.45) is 0 Å². The van der Waals surface area contributed by atoms with E-state index in [9.17, 15) is 0 Å². The van der Waals surface area contributed by atoms with Crippen molar-refractivity contribution in [2.45, 2.75) is 27.7 Å². The van der Waals surface area contributed by atoms with E-state index in [-0.39, 0.29) is 0 Å². The number of rotatable bonds is 7. The number of hydrogen-bond donors (Lipinski definition) is 1. The number of aromatic nitrogens is 2. The van der Waals surface area contributed by atoms with Crippen molar-refractivity contribution in [3.8, 4) is 5.75 Å². The number of nitrogens with one attached hydrogen (secondary N) is 1. The molecule has 0 saturated carbocycles. The summed E-state index contributed by atoms with van der Waals surface area (Å²) in [4.78, 5) is 11.3. The summed E-state index contributed by atoms with van der Waals surface area (Å²) in [6.07, 6.45) is 0. The fraction of sp³-hybridized carbons (Fsp3) is 0.412. The second kappa shape index (κ2) is 7.64. The van der Waals surface area contributed by atoms with Crippen molar-refractivity contribution in [3.63, 3.8) is 0 Å². The zero-order chi connectivity index (χ0) is 15.9. The minimum absolute atomic E-state index is 0.631. The molecule has 0 amide bonds. The van der Waals surface area contributed by atoms with E-state index in [1.165, 1.54) is 0 Å². The lowest BCUT2D eigenvalue weighted by atomic mass is 10.3. The standard InChI is InChI=1S/C17H24N4O/c1-5-21(6-2)17-18-13(4)12-16(20-17)19-14-10-8-9-11-15(14)22-7-3/h8-12H,5-7H2,1-4H3,(H,18,19,20). The second-order valence-corrected chi connectivity index (χ2v) is 4.92. The highest BCUT2D eigenvalue weighted by molar-refractivity contribution is 5.64. The molecule has 5 heteroatoms. The number of ether oxygens (including phenoxy) is 1. The van der Waals surface area contributed by atoms with Crippen molar-refractivity contribution in [1.82, 2.24) is 9.97 Å². The SMILES string of the molecule is CCOc1ccccc1Nc1cc(C)nc(N(CC)CC)n1. The summed E-state index contributed by atoms with van der Waals surface area (Å²) >= 11 is 0. The lowest BCUT2D eigenvalue weighted by Gasteiger charge is -2.20. The molecular formula is C17H24N4O. The zero-order valence-electron chi connectivity index (χ0n) is 13.8. The Hall–Kier alpha value is -2.30. The molecule has 1 aromatic heterocycles. The molecule has 0 fully saturated rings. The molecular weight excluding hydrogens is 276 g/mol. The van der Waals surface area contributed by atoms with Crippen LogP contribution in [0.4, 0.5) is 17.5 Å². The van der Waals surface area contributed by atoms with Gasteiger partial charge in [0.2, 0.25) is 5.95 Å². The van der Waals surface area contributed by atoms with Crippen molar-refractivity contribution in [2.75, 3.05) is 29.9 Å². The molecule has 0 bridgehead atoms. The average Bonchev–Trinajstić information content (AvgIpc) is 2.50. The molecule has 118 valence electrons. The van der Waals surface area contributed by atoms with Gasteiger partial charge in [-0.15, -0.1) is 0 Å². The summed E-state index contributed by atoms with van der Waals surface area (Å²) < 4.78 is 5.64. The van der Waals surface area contributed by atoms with Crippen molar-refractivity contribution < 1.29 is 4.74 Å². The predicted octanol–water partition coefficient (Wildman–Crippen LogP) is 3.77. The summed E-state index contributed by atoms with van der Waals surface area (Å²) in [6.45, 7) is 10.6. The minimum Gasteiger partial charge on any atom is -0.492 e. The molecule has 0 aliphatic carbocycles. The number of nitrogens with zero attached hydrogens (tertiary/aromatic N) is 3. The summed E-state index contributed by atoms with van der Waals surface area (Å²) in [5, 5.41) is 3.34. The third-order valence-corrected chi connectivity index (χ3v) is 3.34. The fourth-order valence-corrected chi connectivity index (χ4v) is 2.25. The van der Waals surface area contributed by atoms with Crippen LogP contribution >= 0.6 is 0 Å². The van der Waals surface area contributed by atoms with Crippen molar-refractivity contribution in [3.05, 3.63) is 36.0 Å². The van der Waals surface area contributed by atoms with Gasteiger partial charge in [-0.1, -0.05) is 12.1 Å². The van der Waals surface area contributed by atoms with Crippen LogP contribution in [0.3, 0.4) is 0 Å². The van der Waals surface area contributed by atoms with Gasteiger partial charge in [0, 0.05) is 24.8 Å². The van der Waals surface area contributed by atoms with Gasteiger partial charge in [0.25, 0.3) is 0 Å². The molecule has 0 aliphatic heterocycles. The van der Waals surface area contributed by atoms with Crippen LogP contribution in [0.15, 0.2) is 30.3 Å². The van der Waals surface area contributed by atoms with E-state index in [0.29, 0.717) is 6.61 Å². The van der Waals surface area contributed by atoms with Crippen LogP contribution in [0.25, 0.3) is 0 Å². The maximum absolute atomic E-state index is 5.64. The number of aryl methyl sites for hydroxylation is 1. The highest BCUT2D eigenvalue weighted by Crippen LogP contribution is 2.27. The Labute approximate surface area is 132 Å². The first kappa shape index (κ1) is 16.1. The van der Waals surface area contributed by atoms with Crippen LogP contribution in [0.5, 0.6) is 5.75 Å². The molecule has 5 nitrogen and oxygen atoms in total. The van der Waals surface area contributed by atoms with E-state index in [0.717, 1.165) is 42.0 Å². The first-order valence-electron chi connectivity index (χ1n) is 7.77. The van der Waals surface area contributed by atoms with E-state index >= 15 is 0 Å². The van der Waals surface area contributed by atoms with Crippen molar-refractivity contribution >= 4 is 17.5 Å². The third kappa shape index (κ3) is 3.87. The molecule has 0 spiro atoms. The van der Waals surface area contributed by atoms with Gasteiger partial charge < -0.3 is 15.0 Å². The van der Waals surface area contributed by atoms with Gasteiger partial charge in [-0.3, -0.25) is 0 Å². The first-order valence-corrected chi connectivity index (χ1v) is 7.77. The van der Waals surface area contributed by atoms with Crippen LogP contribution < -0.4 is 15.0 Å². The molecule has 2 aromatic rings. The van der Waals surface area contributed by atoms with E-state index in [2.05, 4.69) is 34.0 Å². The van der Waals surface area contributed by atoms with Gasteiger partial charge in [0.05, 0.1) is 12.3 Å². The Morgan fingerprint density at radius 2 is 1.82 bits per heavy atom. The molecule has 22 heavy (non-hydrogen) atoms. The Bertz CT molecular complexity index is 611. The van der Waals surface area contributed by atoms with E-state index in [1.807, 2.05) is 44.2 Å². The highest BCUT2D eigenvalue weighted by Gasteiger charge is 2.09. The summed E-state index contributed by atoms with van der Waals surface area (Å²) in [5.41, 5.74) is 1.85. The maximum atomic E-state index is 5.64. The largest absolute Gasteiger partial charge is 0.492 e. The van der Waals surface area contributed by atoms with Gasteiger partial charge in [-0.05, 0) is 39.8 Å². The Morgan fingerprint density at radius 1 is 1.09 bits per heavy atom.